The lowest BCUT2D eigenvalue weighted by Gasteiger charge is -2.19. The van der Waals surface area contributed by atoms with Gasteiger partial charge in [0, 0.05) is 16.3 Å². The minimum Gasteiger partial charge on any atom is -0.455 e. The molecule has 0 unspecified atom stereocenters. The fourth-order valence-electron chi connectivity index (χ4n) is 6.25. The van der Waals surface area contributed by atoms with Gasteiger partial charge < -0.3 is 4.42 Å². The number of benzene rings is 8. The van der Waals surface area contributed by atoms with Crippen LogP contribution in [0.3, 0.4) is 0 Å². The van der Waals surface area contributed by atoms with Gasteiger partial charge in [-0.05, 0) is 78.3 Å². The van der Waals surface area contributed by atoms with Crippen molar-refractivity contribution in [3.05, 3.63) is 157 Å². The van der Waals surface area contributed by atoms with Gasteiger partial charge in [-0.25, -0.2) is 0 Å². The average Bonchev–Trinajstić information content (AvgIpc) is 3.58. The Hall–Kier alpha value is -5.66. The molecule has 9 rings (SSSR count). The molecular weight excluding hydrogens is 520 g/mol. The zero-order valence-corrected chi connectivity index (χ0v) is 22.5. The molecule has 0 saturated carbocycles. The van der Waals surface area contributed by atoms with Crippen molar-refractivity contribution in [1.82, 2.24) is 0 Å². The van der Waals surface area contributed by atoms with E-state index in [0.717, 1.165) is 10.9 Å². The van der Waals surface area contributed by atoms with E-state index in [0.29, 0.717) is 54.8 Å². The molecule has 9 aromatic rings. The predicted molar refractivity (Wildman–Crippen MR) is 183 cm³/mol. The Kier molecular flexibility index (Phi) is 3.29. The van der Waals surface area contributed by atoms with E-state index in [1.54, 1.807) is 12.1 Å². The van der Waals surface area contributed by atoms with E-state index >= 15 is 0 Å². The van der Waals surface area contributed by atoms with Gasteiger partial charge in [0.15, 0.2) is 0 Å². The largest absolute Gasteiger partial charge is 0.455 e. The van der Waals surface area contributed by atoms with Crippen molar-refractivity contribution in [2.75, 3.05) is 0 Å². The minimum atomic E-state index is -0.531. The third-order valence-electron chi connectivity index (χ3n) is 8.03. The number of furan rings is 1. The molecule has 0 N–H and O–H groups in total. The smallest absolute Gasteiger partial charge is 0.143 e. The van der Waals surface area contributed by atoms with Crippen molar-refractivity contribution < 1.29 is 20.9 Å². The number of fused-ring (bicyclic) bond motifs is 6. The highest BCUT2D eigenvalue weighted by molar-refractivity contribution is 6.24. The fraction of sp³-hybridized carbons (Fsp3) is 0. The molecule has 0 radical (unpaired) electrons. The summed E-state index contributed by atoms with van der Waals surface area (Å²) in [4.78, 5) is 0. The van der Waals surface area contributed by atoms with E-state index in [1.807, 2.05) is 72.8 Å². The van der Waals surface area contributed by atoms with E-state index in [2.05, 4.69) is 0 Å². The topological polar surface area (TPSA) is 13.1 Å². The maximum atomic E-state index is 9.23. The van der Waals surface area contributed by atoms with Gasteiger partial charge in [0.1, 0.15) is 11.2 Å². The Morgan fingerprint density at radius 3 is 1.77 bits per heavy atom. The van der Waals surface area contributed by atoms with E-state index in [4.69, 9.17) is 19.5 Å². The van der Waals surface area contributed by atoms with Gasteiger partial charge in [-0.1, -0.05) is 139 Å². The van der Waals surface area contributed by atoms with Gasteiger partial charge in [0.2, 0.25) is 0 Å². The molecular formula is C42H26O. The first-order valence-corrected chi connectivity index (χ1v) is 13.8. The van der Waals surface area contributed by atoms with Crippen molar-refractivity contribution in [2.45, 2.75) is 0 Å². The summed E-state index contributed by atoms with van der Waals surface area (Å²) in [5, 5.41) is 3.85. The first-order chi connectivity index (χ1) is 26.3. The summed E-state index contributed by atoms with van der Waals surface area (Å²) >= 11 is 0. The Bertz CT molecular complexity index is 3090. The molecule has 0 amide bonds. The Morgan fingerprint density at radius 1 is 0.419 bits per heavy atom. The van der Waals surface area contributed by atoms with Gasteiger partial charge in [-0.3, -0.25) is 0 Å². The highest BCUT2D eigenvalue weighted by Gasteiger charge is 2.20. The first-order valence-electron chi connectivity index (χ1n) is 19.8. The normalized spacial score (nSPS) is 15.6. The van der Waals surface area contributed by atoms with E-state index < -0.39 is 54.4 Å². The Labute approximate surface area is 266 Å². The van der Waals surface area contributed by atoms with Gasteiger partial charge >= 0.3 is 0 Å². The fourth-order valence-corrected chi connectivity index (χ4v) is 6.25. The molecule has 0 saturated heterocycles. The third-order valence-corrected chi connectivity index (χ3v) is 8.03. The quantitative estimate of drug-likeness (QED) is 0.197. The monoisotopic (exact) mass is 558 g/mol. The van der Waals surface area contributed by atoms with Crippen LogP contribution in [0.4, 0.5) is 0 Å². The molecule has 1 heteroatoms. The highest BCUT2D eigenvalue weighted by Crippen LogP contribution is 2.47. The molecule has 1 heterocycles. The lowest BCUT2D eigenvalue weighted by molar-refractivity contribution is 0.670. The summed E-state index contributed by atoms with van der Waals surface area (Å²) in [5.41, 5.74) is 3.13. The highest BCUT2D eigenvalue weighted by atomic mass is 16.3. The van der Waals surface area contributed by atoms with Gasteiger partial charge in [0.25, 0.3) is 0 Å². The summed E-state index contributed by atoms with van der Waals surface area (Å²) in [5.74, 6) is 0. The molecule has 8 aromatic carbocycles. The summed E-state index contributed by atoms with van der Waals surface area (Å²) < 4.78 is 111. The average molecular weight is 559 g/mol. The molecule has 0 aliphatic carbocycles. The van der Waals surface area contributed by atoms with Crippen molar-refractivity contribution in [2.24, 2.45) is 0 Å². The van der Waals surface area contributed by atoms with Crippen LogP contribution in [0.15, 0.2) is 162 Å². The van der Waals surface area contributed by atoms with Crippen molar-refractivity contribution >= 4 is 54.3 Å². The van der Waals surface area contributed by atoms with Crippen molar-refractivity contribution in [1.29, 1.82) is 0 Å². The summed E-state index contributed by atoms with van der Waals surface area (Å²) in [7, 11) is 0. The van der Waals surface area contributed by atoms with E-state index in [9.17, 15) is 1.37 Å². The molecule has 200 valence electrons. The standard InChI is InChI=1S/C42H26O/c1-2-13-28(14-3-1)37-25-29(26-38-31-18-10-11-24-39(31)43-42(37)38)40-33-19-6-8-21-35(33)41(36-22-9-7-20-34(36)40)32-23-12-16-27-15-4-5-17-30(27)32/h1-26H/i1D,2D,3D,4D,5D,12D,13D,14D,15D,16D,17D,23D. The van der Waals surface area contributed by atoms with Gasteiger partial charge in [-0.2, -0.15) is 0 Å². The number of hydrogen-bond acceptors (Lipinski definition) is 1. The van der Waals surface area contributed by atoms with Crippen LogP contribution >= 0.6 is 0 Å². The van der Waals surface area contributed by atoms with Crippen LogP contribution in [0.25, 0.3) is 87.6 Å². The molecule has 1 aromatic heterocycles. The molecule has 0 aliphatic heterocycles. The molecule has 1 nitrogen and oxygen atoms in total. The predicted octanol–water partition coefficient (Wildman–Crippen LogP) is 12.0. The second-order valence-corrected chi connectivity index (χ2v) is 10.3. The Morgan fingerprint density at radius 2 is 1.02 bits per heavy atom. The molecule has 0 atom stereocenters. The lowest BCUT2D eigenvalue weighted by Crippen LogP contribution is -1.92. The maximum absolute atomic E-state index is 9.23. The molecule has 0 aliphatic rings. The summed E-state index contributed by atoms with van der Waals surface area (Å²) in [6.07, 6.45) is 0. The van der Waals surface area contributed by atoms with Crippen LogP contribution < -0.4 is 0 Å². The summed E-state index contributed by atoms with van der Waals surface area (Å²) in [6.45, 7) is 0. The van der Waals surface area contributed by atoms with Crippen LogP contribution in [-0.2, 0) is 0 Å². The van der Waals surface area contributed by atoms with Gasteiger partial charge in [0.05, 0.1) is 16.4 Å². The second kappa shape index (κ2) is 9.44. The zero-order valence-electron chi connectivity index (χ0n) is 34.5. The second-order valence-electron chi connectivity index (χ2n) is 10.3. The molecule has 0 bridgehead atoms. The van der Waals surface area contributed by atoms with Crippen LogP contribution in [0.2, 0.25) is 0 Å². The first kappa shape index (κ1) is 15.0. The van der Waals surface area contributed by atoms with E-state index in [1.165, 1.54) is 0 Å². The number of rotatable bonds is 3. The van der Waals surface area contributed by atoms with E-state index in [-0.39, 0.29) is 40.0 Å². The molecule has 0 spiro atoms. The maximum Gasteiger partial charge on any atom is 0.143 e. The Balaban J connectivity index is 1.48. The zero-order chi connectivity index (χ0) is 38.8. The van der Waals surface area contributed by atoms with Crippen molar-refractivity contribution in [3.8, 4) is 33.4 Å². The van der Waals surface area contributed by atoms with Crippen LogP contribution in [-0.4, -0.2) is 0 Å². The van der Waals surface area contributed by atoms with Crippen LogP contribution in [0, 0.1) is 0 Å². The lowest BCUT2D eigenvalue weighted by atomic mass is 9.84. The molecule has 0 fully saturated rings. The summed E-state index contributed by atoms with van der Waals surface area (Å²) in [6, 6.07) is 20.5. The van der Waals surface area contributed by atoms with Gasteiger partial charge in [-0.15, -0.1) is 0 Å². The van der Waals surface area contributed by atoms with Crippen molar-refractivity contribution in [3.63, 3.8) is 0 Å². The van der Waals surface area contributed by atoms with Crippen LogP contribution in [0.1, 0.15) is 16.4 Å². The number of para-hydroxylation sites is 1. The minimum absolute atomic E-state index is 0.0138. The third kappa shape index (κ3) is 3.65. The van der Waals surface area contributed by atoms with Crippen LogP contribution in [0.5, 0.6) is 0 Å². The SMILES string of the molecule is [2H]c1c([2H])c([2H])c(-c2cc(-c3c4ccccc4c(-c4c([2H])c([2H])c([2H])c5c([2H])c([2H])c([2H])c([2H])c45)c4ccccc34)cc3c2oc2ccccc23)c([2H])c1[2H]. The molecule has 43 heavy (non-hydrogen) atoms. The number of hydrogen-bond donors (Lipinski definition) is 0.